The lowest BCUT2D eigenvalue weighted by atomic mass is 9.98. The predicted molar refractivity (Wildman–Crippen MR) is 105 cm³/mol. The zero-order chi connectivity index (χ0) is 19.9. The van der Waals surface area contributed by atoms with Gasteiger partial charge in [0.25, 0.3) is 0 Å². The van der Waals surface area contributed by atoms with E-state index < -0.39 is 5.97 Å². The minimum absolute atomic E-state index is 0.387. The van der Waals surface area contributed by atoms with Gasteiger partial charge in [0, 0.05) is 24.2 Å². The van der Waals surface area contributed by atoms with Gasteiger partial charge < -0.3 is 14.3 Å². The van der Waals surface area contributed by atoms with E-state index in [1.165, 1.54) is 0 Å². The van der Waals surface area contributed by atoms with E-state index in [-0.39, 0.29) is 5.92 Å². The average molecular weight is 380 g/mol. The van der Waals surface area contributed by atoms with E-state index in [1.54, 1.807) is 12.3 Å². The summed E-state index contributed by atoms with van der Waals surface area (Å²) in [4.78, 5) is 20.0. The van der Waals surface area contributed by atoms with Crippen molar-refractivity contribution in [3.8, 4) is 17.3 Å². The number of oxazole rings is 1. The van der Waals surface area contributed by atoms with Gasteiger partial charge in [0.1, 0.15) is 5.76 Å². The Bertz CT molecular complexity index is 904. The fraction of sp³-hybridized carbons (Fsp3) is 0.318. The Balaban J connectivity index is 1.54. The molecule has 1 atom stereocenters. The Labute approximate surface area is 164 Å². The molecule has 3 rings (SSSR count). The summed E-state index contributed by atoms with van der Waals surface area (Å²) >= 11 is 0. The summed E-state index contributed by atoms with van der Waals surface area (Å²) in [5, 5.41) is 9.15. The summed E-state index contributed by atoms with van der Waals surface area (Å²) in [5.41, 5.74) is 2.70. The first-order valence-corrected chi connectivity index (χ1v) is 9.39. The molecule has 1 unspecified atom stereocenters. The second kappa shape index (κ2) is 9.17. The van der Waals surface area contributed by atoms with Crippen molar-refractivity contribution >= 4 is 5.97 Å². The molecular formula is C22H24N2O4. The lowest BCUT2D eigenvalue weighted by Gasteiger charge is -2.10. The maximum absolute atomic E-state index is 11.1. The topological polar surface area (TPSA) is 85.5 Å². The number of benzene rings is 1. The second-order valence-electron chi connectivity index (χ2n) is 6.64. The summed E-state index contributed by atoms with van der Waals surface area (Å²) < 4.78 is 11.5. The van der Waals surface area contributed by atoms with Gasteiger partial charge in [0.15, 0.2) is 0 Å². The molecule has 146 valence electrons. The zero-order valence-electron chi connectivity index (χ0n) is 16.1. The number of nitrogens with zero attached hydrogens (tertiary/aromatic N) is 2. The van der Waals surface area contributed by atoms with Gasteiger partial charge in [-0.1, -0.05) is 31.2 Å². The molecule has 1 N–H and O–H groups in total. The highest BCUT2D eigenvalue weighted by molar-refractivity contribution is 5.70. The van der Waals surface area contributed by atoms with Crippen LogP contribution in [0.15, 0.2) is 53.1 Å². The van der Waals surface area contributed by atoms with Crippen LogP contribution in [0.25, 0.3) is 11.5 Å². The molecule has 2 heterocycles. The number of aliphatic carboxylic acids is 1. The third kappa shape index (κ3) is 4.97. The van der Waals surface area contributed by atoms with Gasteiger partial charge in [-0.25, -0.2) is 9.97 Å². The van der Waals surface area contributed by atoms with Crippen LogP contribution in [0.1, 0.15) is 30.4 Å². The van der Waals surface area contributed by atoms with E-state index in [0.29, 0.717) is 37.6 Å². The van der Waals surface area contributed by atoms with E-state index in [9.17, 15) is 4.79 Å². The number of aromatic nitrogens is 2. The van der Waals surface area contributed by atoms with Gasteiger partial charge in [0.05, 0.1) is 18.2 Å². The Kier molecular flexibility index (Phi) is 6.42. The standard InChI is InChI=1S/C22H24N2O4/c1-3-17(22(25)26)13-16-9-10-20(23-14-16)27-12-11-19-15(2)28-21(24-19)18-7-5-4-6-8-18/h4-10,14,17H,3,11-13H2,1-2H3,(H,25,26). The van der Waals surface area contributed by atoms with Crippen LogP contribution in [0.4, 0.5) is 0 Å². The van der Waals surface area contributed by atoms with Crippen molar-refractivity contribution in [1.82, 2.24) is 9.97 Å². The number of carbonyl (C=O) groups is 1. The van der Waals surface area contributed by atoms with Crippen molar-refractivity contribution < 1.29 is 19.1 Å². The summed E-state index contributed by atoms with van der Waals surface area (Å²) in [6, 6.07) is 13.4. The molecule has 0 aliphatic carbocycles. The normalized spacial score (nSPS) is 11.9. The average Bonchev–Trinajstić information content (AvgIpc) is 3.08. The van der Waals surface area contributed by atoms with Crippen LogP contribution in [0.3, 0.4) is 0 Å². The number of carboxylic acid groups (broad SMARTS) is 1. The Morgan fingerprint density at radius 1 is 1.21 bits per heavy atom. The van der Waals surface area contributed by atoms with Gasteiger partial charge >= 0.3 is 5.97 Å². The van der Waals surface area contributed by atoms with Crippen LogP contribution in [0, 0.1) is 12.8 Å². The first-order chi connectivity index (χ1) is 13.6. The molecule has 0 aliphatic heterocycles. The molecule has 0 bridgehead atoms. The van der Waals surface area contributed by atoms with E-state index in [2.05, 4.69) is 9.97 Å². The van der Waals surface area contributed by atoms with Crippen LogP contribution in [-0.4, -0.2) is 27.7 Å². The fourth-order valence-electron chi connectivity index (χ4n) is 2.92. The number of hydrogen-bond acceptors (Lipinski definition) is 5. The number of aryl methyl sites for hydroxylation is 1. The molecule has 0 radical (unpaired) electrons. The molecule has 0 fully saturated rings. The Morgan fingerprint density at radius 3 is 2.64 bits per heavy atom. The highest BCUT2D eigenvalue weighted by atomic mass is 16.5. The molecule has 0 saturated carbocycles. The van der Waals surface area contributed by atoms with Crippen LogP contribution in [0.5, 0.6) is 5.88 Å². The van der Waals surface area contributed by atoms with Gasteiger partial charge in [-0.3, -0.25) is 4.79 Å². The summed E-state index contributed by atoms with van der Waals surface area (Å²) in [6.07, 6.45) is 3.35. The molecule has 28 heavy (non-hydrogen) atoms. The quantitative estimate of drug-likeness (QED) is 0.595. The van der Waals surface area contributed by atoms with E-state index in [1.807, 2.05) is 50.2 Å². The van der Waals surface area contributed by atoms with Gasteiger partial charge in [0.2, 0.25) is 11.8 Å². The number of ether oxygens (including phenoxy) is 1. The van der Waals surface area contributed by atoms with E-state index >= 15 is 0 Å². The van der Waals surface area contributed by atoms with Gasteiger partial charge in [-0.2, -0.15) is 0 Å². The maximum Gasteiger partial charge on any atom is 0.306 e. The third-order valence-corrected chi connectivity index (χ3v) is 4.62. The van der Waals surface area contributed by atoms with Crippen molar-refractivity contribution in [2.24, 2.45) is 5.92 Å². The highest BCUT2D eigenvalue weighted by Crippen LogP contribution is 2.22. The number of pyridine rings is 1. The molecule has 0 amide bonds. The lowest BCUT2D eigenvalue weighted by molar-refractivity contribution is -0.141. The fourth-order valence-corrected chi connectivity index (χ4v) is 2.92. The van der Waals surface area contributed by atoms with Crippen molar-refractivity contribution in [3.05, 3.63) is 65.7 Å². The number of hydrogen-bond donors (Lipinski definition) is 1. The first-order valence-electron chi connectivity index (χ1n) is 9.39. The molecule has 6 nitrogen and oxygen atoms in total. The molecule has 1 aromatic carbocycles. The lowest BCUT2D eigenvalue weighted by Crippen LogP contribution is -2.15. The van der Waals surface area contributed by atoms with Crippen LogP contribution >= 0.6 is 0 Å². The Hall–Kier alpha value is -3.15. The summed E-state index contributed by atoms with van der Waals surface area (Å²) in [5.74, 6) is 0.740. The SMILES string of the molecule is CCC(Cc1ccc(OCCc2nc(-c3ccccc3)oc2C)nc1)C(=O)O. The van der Waals surface area contributed by atoms with Crippen molar-refractivity contribution in [3.63, 3.8) is 0 Å². The molecule has 0 spiro atoms. The molecule has 2 aromatic heterocycles. The number of rotatable bonds is 9. The smallest absolute Gasteiger partial charge is 0.306 e. The second-order valence-corrected chi connectivity index (χ2v) is 6.64. The van der Waals surface area contributed by atoms with Crippen LogP contribution in [0.2, 0.25) is 0 Å². The first kappa shape index (κ1) is 19.6. The van der Waals surface area contributed by atoms with Gasteiger partial charge in [-0.15, -0.1) is 0 Å². The van der Waals surface area contributed by atoms with Gasteiger partial charge in [-0.05, 0) is 37.5 Å². The zero-order valence-corrected chi connectivity index (χ0v) is 16.1. The minimum Gasteiger partial charge on any atom is -0.481 e. The largest absolute Gasteiger partial charge is 0.481 e. The predicted octanol–water partition coefficient (Wildman–Crippen LogP) is 4.32. The van der Waals surface area contributed by atoms with Crippen LogP contribution in [-0.2, 0) is 17.6 Å². The maximum atomic E-state index is 11.1. The van der Waals surface area contributed by atoms with Crippen molar-refractivity contribution in [2.75, 3.05) is 6.61 Å². The Morgan fingerprint density at radius 2 is 2.00 bits per heavy atom. The molecule has 3 aromatic rings. The minimum atomic E-state index is -0.777. The van der Waals surface area contributed by atoms with Crippen LogP contribution < -0.4 is 4.74 Å². The van der Waals surface area contributed by atoms with Crippen molar-refractivity contribution in [1.29, 1.82) is 0 Å². The molecule has 6 heteroatoms. The number of carboxylic acids is 1. The third-order valence-electron chi connectivity index (χ3n) is 4.62. The summed E-state index contributed by atoms with van der Waals surface area (Å²) in [7, 11) is 0. The summed E-state index contributed by atoms with van der Waals surface area (Å²) in [6.45, 7) is 4.20. The molecule has 0 aliphatic rings. The monoisotopic (exact) mass is 380 g/mol. The molecular weight excluding hydrogens is 356 g/mol. The highest BCUT2D eigenvalue weighted by Gasteiger charge is 2.16. The molecule has 0 saturated heterocycles. The van der Waals surface area contributed by atoms with Crippen molar-refractivity contribution in [2.45, 2.75) is 33.1 Å². The van der Waals surface area contributed by atoms with E-state index in [0.717, 1.165) is 22.6 Å². The van der Waals surface area contributed by atoms with E-state index in [4.69, 9.17) is 14.3 Å².